The Labute approximate surface area is 123 Å². The highest BCUT2D eigenvalue weighted by Crippen LogP contribution is 2.32. The number of aliphatic hydroxyl groups excluding tert-OH is 1. The lowest BCUT2D eigenvalue weighted by molar-refractivity contribution is -0.0179. The van der Waals surface area contributed by atoms with Crippen LogP contribution in [0.15, 0.2) is 0 Å². The van der Waals surface area contributed by atoms with Crippen LogP contribution in [0.4, 0.5) is 0 Å². The van der Waals surface area contributed by atoms with Gasteiger partial charge in [-0.3, -0.25) is 0 Å². The van der Waals surface area contributed by atoms with Crippen molar-refractivity contribution in [1.29, 1.82) is 0 Å². The van der Waals surface area contributed by atoms with E-state index >= 15 is 0 Å². The van der Waals surface area contributed by atoms with Gasteiger partial charge in [0.25, 0.3) is 0 Å². The fraction of sp³-hybridized carbons (Fsp3) is 1.00. The Hall–Kier alpha value is -0.160. The lowest BCUT2D eigenvalue weighted by Crippen LogP contribution is -2.52. The maximum atomic E-state index is 9.65. The van der Waals surface area contributed by atoms with Gasteiger partial charge in [0.15, 0.2) is 0 Å². The molecule has 0 aliphatic carbocycles. The number of piperidine rings is 1. The fourth-order valence-electron chi connectivity index (χ4n) is 3.20. The Morgan fingerprint density at radius 1 is 1.20 bits per heavy atom. The van der Waals surface area contributed by atoms with E-state index in [1.54, 1.807) is 0 Å². The van der Waals surface area contributed by atoms with Crippen LogP contribution < -0.4 is 5.32 Å². The molecule has 2 rings (SSSR count). The molecule has 20 heavy (non-hydrogen) atoms. The van der Waals surface area contributed by atoms with Crippen LogP contribution in [0.3, 0.4) is 0 Å². The number of hydrogen-bond donors (Lipinski definition) is 2. The molecule has 0 amide bonds. The SMILES string of the molecule is CC(C)(C)NCC1(CN2CCC(O)CC2)CCOCC1. The second kappa shape index (κ2) is 6.73. The molecule has 2 fully saturated rings. The van der Waals surface area contributed by atoms with Crippen LogP contribution in [-0.4, -0.2) is 61.0 Å². The van der Waals surface area contributed by atoms with E-state index < -0.39 is 0 Å². The van der Waals surface area contributed by atoms with Gasteiger partial charge in [-0.2, -0.15) is 0 Å². The molecule has 2 aliphatic rings. The van der Waals surface area contributed by atoms with Gasteiger partial charge in [0.05, 0.1) is 6.10 Å². The lowest BCUT2D eigenvalue weighted by atomic mass is 9.78. The molecule has 0 unspecified atom stereocenters. The summed E-state index contributed by atoms with van der Waals surface area (Å²) in [5.41, 5.74) is 0.511. The van der Waals surface area contributed by atoms with E-state index in [1.807, 2.05) is 0 Å². The first-order chi connectivity index (χ1) is 9.39. The second-order valence-corrected chi connectivity index (χ2v) is 7.72. The van der Waals surface area contributed by atoms with Gasteiger partial charge < -0.3 is 20.1 Å². The van der Waals surface area contributed by atoms with Crippen molar-refractivity contribution in [2.45, 2.75) is 58.1 Å². The average molecular weight is 284 g/mol. The Morgan fingerprint density at radius 2 is 1.80 bits per heavy atom. The third-order valence-electron chi connectivity index (χ3n) is 4.66. The summed E-state index contributed by atoms with van der Waals surface area (Å²) < 4.78 is 5.58. The largest absolute Gasteiger partial charge is 0.393 e. The minimum Gasteiger partial charge on any atom is -0.393 e. The van der Waals surface area contributed by atoms with Crippen molar-refractivity contribution in [3.05, 3.63) is 0 Å². The highest BCUT2D eigenvalue weighted by atomic mass is 16.5. The summed E-state index contributed by atoms with van der Waals surface area (Å²) in [5, 5.41) is 13.3. The van der Waals surface area contributed by atoms with E-state index in [2.05, 4.69) is 31.0 Å². The van der Waals surface area contributed by atoms with Crippen LogP contribution >= 0.6 is 0 Å². The summed E-state index contributed by atoms with van der Waals surface area (Å²) in [7, 11) is 0. The van der Waals surface area contributed by atoms with Crippen molar-refractivity contribution in [1.82, 2.24) is 10.2 Å². The zero-order valence-electron chi connectivity index (χ0n) is 13.5. The third-order valence-corrected chi connectivity index (χ3v) is 4.66. The first-order valence-corrected chi connectivity index (χ1v) is 8.12. The molecule has 0 bridgehead atoms. The number of likely N-dealkylation sites (tertiary alicyclic amines) is 1. The van der Waals surface area contributed by atoms with Crippen molar-refractivity contribution in [2.24, 2.45) is 5.41 Å². The molecule has 2 saturated heterocycles. The molecule has 0 atom stereocenters. The highest BCUT2D eigenvalue weighted by molar-refractivity contribution is 4.90. The zero-order chi connectivity index (χ0) is 14.6. The molecule has 0 radical (unpaired) electrons. The van der Waals surface area contributed by atoms with Gasteiger partial charge >= 0.3 is 0 Å². The molecule has 0 aromatic rings. The van der Waals surface area contributed by atoms with Gasteiger partial charge in [-0.25, -0.2) is 0 Å². The highest BCUT2D eigenvalue weighted by Gasteiger charge is 2.36. The van der Waals surface area contributed by atoms with Crippen LogP contribution in [0.2, 0.25) is 0 Å². The summed E-state index contributed by atoms with van der Waals surface area (Å²) in [4.78, 5) is 2.54. The van der Waals surface area contributed by atoms with Crippen LogP contribution in [0.5, 0.6) is 0 Å². The number of hydrogen-bond acceptors (Lipinski definition) is 4. The molecule has 4 heteroatoms. The van der Waals surface area contributed by atoms with Gasteiger partial charge in [0.1, 0.15) is 0 Å². The van der Waals surface area contributed by atoms with Crippen molar-refractivity contribution >= 4 is 0 Å². The Morgan fingerprint density at radius 3 is 2.35 bits per heavy atom. The smallest absolute Gasteiger partial charge is 0.0564 e. The normalized spacial score (nSPS) is 25.8. The van der Waals surface area contributed by atoms with E-state index in [1.165, 1.54) is 0 Å². The van der Waals surface area contributed by atoms with Crippen molar-refractivity contribution < 1.29 is 9.84 Å². The standard InChI is InChI=1S/C16H32N2O2/c1-15(2,3)17-12-16(6-10-20-11-7-16)13-18-8-4-14(19)5-9-18/h14,17,19H,4-13H2,1-3H3. The van der Waals surface area contributed by atoms with E-state index in [4.69, 9.17) is 4.74 Å². The predicted molar refractivity (Wildman–Crippen MR) is 81.9 cm³/mol. The van der Waals surface area contributed by atoms with Gasteiger partial charge in [-0.15, -0.1) is 0 Å². The summed E-state index contributed by atoms with van der Waals surface area (Å²) in [5.74, 6) is 0. The van der Waals surface area contributed by atoms with Gasteiger partial charge in [-0.05, 0) is 51.9 Å². The Kier molecular flexibility index (Phi) is 5.46. The van der Waals surface area contributed by atoms with E-state index in [-0.39, 0.29) is 11.6 Å². The van der Waals surface area contributed by atoms with E-state index in [0.717, 1.165) is 65.1 Å². The monoisotopic (exact) mass is 284 g/mol. The number of nitrogens with one attached hydrogen (secondary N) is 1. The van der Waals surface area contributed by atoms with E-state index in [9.17, 15) is 5.11 Å². The Bertz CT molecular complexity index is 287. The lowest BCUT2D eigenvalue weighted by Gasteiger charge is -2.44. The van der Waals surface area contributed by atoms with E-state index in [0.29, 0.717) is 5.41 Å². The molecule has 0 saturated carbocycles. The summed E-state index contributed by atoms with van der Waals surface area (Å²) in [6.45, 7) is 12.8. The first kappa shape index (κ1) is 16.2. The molecule has 2 heterocycles. The van der Waals surface area contributed by atoms with Crippen LogP contribution in [0.25, 0.3) is 0 Å². The van der Waals surface area contributed by atoms with Gasteiger partial charge in [0, 0.05) is 44.9 Å². The molecule has 2 aliphatic heterocycles. The Balaban J connectivity index is 1.92. The first-order valence-electron chi connectivity index (χ1n) is 8.12. The molecule has 0 aromatic heterocycles. The number of rotatable bonds is 4. The topological polar surface area (TPSA) is 44.7 Å². The maximum Gasteiger partial charge on any atom is 0.0564 e. The van der Waals surface area contributed by atoms with Crippen molar-refractivity contribution in [3.8, 4) is 0 Å². The third kappa shape index (κ3) is 4.99. The molecule has 118 valence electrons. The van der Waals surface area contributed by atoms with Crippen molar-refractivity contribution in [3.63, 3.8) is 0 Å². The van der Waals surface area contributed by atoms with Gasteiger partial charge in [-0.1, -0.05) is 0 Å². The minimum absolute atomic E-state index is 0.0791. The maximum absolute atomic E-state index is 9.65. The quantitative estimate of drug-likeness (QED) is 0.823. The number of ether oxygens (including phenoxy) is 1. The molecule has 0 aromatic carbocycles. The molecule has 0 spiro atoms. The molecule has 2 N–H and O–H groups in total. The van der Waals surface area contributed by atoms with Crippen LogP contribution in [0.1, 0.15) is 46.5 Å². The second-order valence-electron chi connectivity index (χ2n) is 7.72. The number of aliphatic hydroxyl groups is 1. The zero-order valence-corrected chi connectivity index (χ0v) is 13.5. The minimum atomic E-state index is -0.0791. The predicted octanol–water partition coefficient (Wildman–Crippen LogP) is 1.63. The molecular formula is C16H32N2O2. The summed E-state index contributed by atoms with van der Waals surface area (Å²) in [6, 6.07) is 0. The van der Waals surface area contributed by atoms with Crippen LogP contribution in [0, 0.1) is 5.41 Å². The van der Waals surface area contributed by atoms with Crippen LogP contribution in [-0.2, 0) is 4.74 Å². The number of nitrogens with zero attached hydrogens (tertiary/aromatic N) is 1. The summed E-state index contributed by atoms with van der Waals surface area (Å²) in [6.07, 6.45) is 4.08. The van der Waals surface area contributed by atoms with Crippen molar-refractivity contribution in [2.75, 3.05) is 39.4 Å². The summed E-state index contributed by atoms with van der Waals surface area (Å²) >= 11 is 0. The average Bonchev–Trinajstić information content (AvgIpc) is 2.40. The van der Waals surface area contributed by atoms with Gasteiger partial charge in [0.2, 0.25) is 0 Å². The molecular weight excluding hydrogens is 252 g/mol. The molecule has 4 nitrogen and oxygen atoms in total. The fourth-order valence-corrected chi connectivity index (χ4v) is 3.20.